The smallest absolute Gasteiger partial charge is 0.254 e. The minimum absolute atomic E-state index is 0.189. The fourth-order valence-electron chi connectivity index (χ4n) is 4.63. The Morgan fingerprint density at radius 1 is 0.926 bits per heavy atom. The summed E-state index contributed by atoms with van der Waals surface area (Å²) in [6, 6.07) is 18.9. The zero-order valence-corrected chi connectivity index (χ0v) is 16.1. The average molecular weight is 363 g/mol. The van der Waals surface area contributed by atoms with Crippen molar-refractivity contribution < 1.29 is 4.79 Å². The van der Waals surface area contributed by atoms with E-state index in [0.29, 0.717) is 12.0 Å². The largest absolute Gasteiger partial charge is 0.334 e. The van der Waals surface area contributed by atoms with E-state index >= 15 is 0 Å². The zero-order valence-electron chi connectivity index (χ0n) is 16.1. The first-order chi connectivity index (χ1) is 13.3. The molecule has 1 fully saturated rings. The van der Waals surface area contributed by atoms with Crippen LogP contribution in [-0.4, -0.2) is 36.5 Å². The molecule has 1 N–H and O–H groups in total. The minimum atomic E-state index is 0.189. The van der Waals surface area contributed by atoms with Gasteiger partial charge in [0.15, 0.2) is 0 Å². The lowest BCUT2D eigenvalue weighted by atomic mass is 9.84. The van der Waals surface area contributed by atoms with Gasteiger partial charge in [-0.3, -0.25) is 4.79 Å². The van der Waals surface area contributed by atoms with Crippen molar-refractivity contribution in [3.63, 3.8) is 0 Å². The van der Waals surface area contributed by atoms with Crippen LogP contribution in [-0.2, 0) is 12.8 Å². The monoisotopic (exact) mass is 362 g/mol. The van der Waals surface area contributed by atoms with Gasteiger partial charge in [0.1, 0.15) is 0 Å². The molecule has 0 radical (unpaired) electrons. The van der Waals surface area contributed by atoms with Crippen molar-refractivity contribution in [1.29, 1.82) is 0 Å². The Morgan fingerprint density at radius 3 is 2.56 bits per heavy atom. The van der Waals surface area contributed by atoms with Crippen LogP contribution in [0.2, 0.25) is 0 Å². The quantitative estimate of drug-likeness (QED) is 0.869. The second kappa shape index (κ2) is 8.71. The molecule has 142 valence electrons. The Kier molecular flexibility index (Phi) is 5.88. The number of rotatable bonds is 5. The first-order valence-corrected chi connectivity index (χ1v) is 10.4. The molecule has 1 amide bonds. The van der Waals surface area contributed by atoms with Crippen LogP contribution in [0.5, 0.6) is 0 Å². The van der Waals surface area contributed by atoms with Gasteiger partial charge in [-0.2, -0.15) is 0 Å². The number of carbonyl (C=O) groups is 1. The number of benzene rings is 2. The van der Waals surface area contributed by atoms with Crippen molar-refractivity contribution in [2.45, 2.75) is 44.6 Å². The Balaban J connectivity index is 1.31. The number of piperidine rings is 1. The summed E-state index contributed by atoms with van der Waals surface area (Å²) in [5.41, 5.74) is 3.86. The zero-order chi connectivity index (χ0) is 18.5. The van der Waals surface area contributed by atoms with Crippen LogP contribution in [0.4, 0.5) is 0 Å². The third-order valence-corrected chi connectivity index (χ3v) is 6.17. The number of hydrogen-bond acceptors (Lipinski definition) is 2. The molecule has 0 saturated carbocycles. The SMILES string of the molecule is O=C(c1ccccc1)N1CCCCC1CNCC1CCc2ccccc2C1. The van der Waals surface area contributed by atoms with Crippen LogP contribution in [0.1, 0.15) is 47.2 Å². The Bertz CT molecular complexity index is 758. The molecule has 0 bridgehead atoms. The second-order valence-corrected chi connectivity index (χ2v) is 8.05. The van der Waals surface area contributed by atoms with Gasteiger partial charge in [0.25, 0.3) is 5.91 Å². The van der Waals surface area contributed by atoms with E-state index in [0.717, 1.165) is 38.0 Å². The molecule has 2 atom stereocenters. The summed E-state index contributed by atoms with van der Waals surface area (Å²) in [5.74, 6) is 0.899. The van der Waals surface area contributed by atoms with Gasteiger partial charge >= 0.3 is 0 Å². The van der Waals surface area contributed by atoms with Gasteiger partial charge in [0.2, 0.25) is 0 Å². The van der Waals surface area contributed by atoms with Crippen LogP contribution in [0, 0.1) is 5.92 Å². The minimum Gasteiger partial charge on any atom is -0.334 e. The van der Waals surface area contributed by atoms with Crippen LogP contribution < -0.4 is 5.32 Å². The molecular weight excluding hydrogens is 332 g/mol. The van der Waals surface area contributed by atoms with Gasteiger partial charge in [-0.1, -0.05) is 42.5 Å². The van der Waals surface area contributed by atoms with E-state index < -0.39 is 0 Å². The predicted octanol–water partition coefficient (Wildman–Crippen LogP) is 4.08. The van der Waals surface area contributed by atoms with E-state index in [1.807, 2.05) is 30.3 Å². The van der Waals surface area contributed by atoms with Crippen molar-refractivity contribution in [2.75, 3.05) is 19.6 Å². The van der Waals surface area contributed by atoms with Gasteiger partial charge in [0.05, 0.1) is 0 Å². The maximum absolute atomic E-state index is 12.9. The normalized spacial score (nSPS) is 22.3. The molecule has 3 nitrogen and oxygen atoms in total. The molecule has 1 aliphatic carbocycles. The molecule has 27 heavy (non-hydrogen) atoms. The summed E-state index contributed by atoms with van der Waals surface area (Å²) in [7, 11) is 0. The molecular formula is C24H30N2O. The third-order valence-electron chi connectivity index (χ3n) is 6.17. The summed E-state index contributed by atoms with van der Waals surface area (Å²) in [5, 5.41) is 3.70. The Morgan fingerprint density at radius 2 is 1.70 bits per heavy atom. The lowest BCUT2D eigenvalue weighted by molar-refractivity contribution is 0.0611. The number of hydrogen-bond donors (Lipinski definition) is 1. The highest BCUT2D eigenvalue weighted by Gasteiger charge is 2.27. The fourth-order valence-corrected chi connectivity index (χ4v) is 4.63. The van der Waals surface area contributed by atoms with E-state index in [9.17, 15) is 4.79 Å². The summed E-state index contributed by atoms with van der Waals surface area (Å²) in [4.78, 5) is 15.0. The molecule has 1 saturated heterocycles. The summed E-state index contributed by atoms with van der Waals surface area (Å²) >= 11 is 0. The maximum atomic E-state index is 12.9. The highest BCUT2D eigenvalue weighted by Crippen LogP contribution is 2.25. The molecule has 0 aromatic heterocycles. The average Bonchev–Trinajstić information content (AvgIpc) is 2.74. The van der Waals surface area contributed by atoms with Crippen molar-refractivity contribution in [3.8, 4) is 0 Å². The van der Waals surface area contributed by atoms with Crippen LogP contribution in [0.15, 0.2) is 54.6 Å². The Labute approximate surface area is 162 Å². The van der Waals surface area contributed by atoms with Gasteiger partial charge in [-0.05, 0) is 74.2 Å². The van der Waals surface area contributed by atoms with E-state index in [-0.39, 0.29) is 5.91 Å². The number of amides is 1. The van der Waals surface area contributed by atoms with Crippen molar-refractivity contribution in [1.82, 2.24) is 10.2 Å². The standard InChI is InChI=1S/C24H30N2O/c27-24(21-9-2-1-3-10-21)26-15-7-6-12-23(26)18-25-17-19-13-14-20-8-4-5-11-22(20)16-19/h1-5,8-11,19,23,25H,6-7,12-18H2. The van der Waals surface area contributed by atoms with E-state index in [4.69, 9.17) is 0 Å². The first kappa shape index (κ1) is 18.2. The summed E-state index contributed by atoms with van der Waals surface area (Å²) in [6.45, 7) is 2.85. The van der Waals surface area contributed by atoms with Crippen molar-refractivity contribution in [3.05, 3.63) is 71.3 Å². The molecule has 4 rings (SSSR count). The number of carbonyl (C=O) groups excluding carboxylic acids is 1. The number of nitrogens with one attached hydrogen (secondary N) is 1. The summed E-state index contributed by atoms with van der Waals surface area (Å²) < 4.78 is 0. The third kappa shape index (κ3) is 4.41. The summed E-state index contributed by atoms with van der Waals surface area (Å²) in [6.07, 6.45) is 7.10. The van der Waals surface area contributed by atoms with Crippen LogP contribution >= 0.6 is 0 Å². The fraction of sp³-hybridized carbons (Fsp3) is 0.458. The number of likely N-dealkylation sites (tertiary alicyclic amines) is 1. The topological polar surface area (TPSA) is 32.3 Å². The van der Waals surface area contributed by atoms with Crippen molar-refractivity contribution >= 4 is 5.91 Å². The number of aryl methyl sites for hydroxylation is 1. The number of nitrogens with zero attached hydrogens (tertiary/aromatic N) is 1. The molecule has 2 aliphatic rings. The molecule has 1 aliphatic heterocycles. The van der Waals surface area contributed by atoms with E-state index in [1.165, 1.54) is 36.8 Å². The molecule has 2 unspecified atom stereocenters. The molecule has 2 aromatic carbocycles. The van der Waals surface area contributed by atoms with Crippen LogP contribution in [0.3, 0.4) is 0 Å². The van der Waals surface area contributed by atoms with E-state index in [2.05, 4.69) is 34.5 Å². The van der Waals surface area contributed by atoms with Gasteiger partial charge in [0, 0.05) is 24.7 Å². The highest BCUT2D eigenvalue weighted by molar-refractivity contribution is 5.94. The molecule has 2 aromatic rings. The molecule has 3 heteroatoms. The maximum Gasteiger partial charge on any atom is 0.254 e. The molecule has 0 spiro atoms. The van der Waals surface area contributed by atoms with Gasteiger partial charge < -0.3 is 10.2 Å². The predicted molar refractivity (Wildman–Crippen MR) is 110 cm³/mol. The number of fused-ring (bicyclic) bond motifs is 1. The van der Waals surface area contributed by atoms with Crippen molar-refractivity contribution in [2.24, 2.45) is 5.92 Å². The lowest BCUT2D eigenvalue weighted by Crippen LogP contribution is -2.49. The lowest BCUT2D eigenvalue weighted by Gasteiger charge is -2.36. The molecule has 1 heterocycles. The van der Waals surface area contributed by atoms with Gasteiger partial charge in [-0.25, -0.2) is 0 Å². The Hall–Kier alpha value is -2.13. The van der Waals surface area contributed by atoms with Crippen LogP contribution in [0.25, 0.3) is 0 Å². The second-order valence-electron chi connectivity index (χ2n) is 8.05. The highest BCUT2D eigenvalue weighted by atomic mass is 16.2. The first-order valence-electron chi connectivity index (χ1n) is 10.4. The van der Waals surface area contributed by atoms with Gasteiger partial charge in [-0.15, -0.1) is 0 Å². The van der Waals surface area contributed by atoms with E-state index in [1.54, 1.807) is 0 Å².